The molecule has 1 saturated carbocycles. The molecule has 1 heterocycles. The molecule has 5 heteroatoms. The average Bonchev–Trinajstić information content (AvgIpc) is 3.00. The molecule has 1 aliphatic carbocycles. The summed E-state index contributed by atoms with van der Waals surface area (Å²) < 4.78 is 0. The Balaban J connectivity index is 1.91. The third-order valence-corrected chi connectivity index (χ3v) is 4.42. The van der Waals surface area contributed by atoms with Crippen LogP contribution in [0.25, 0.3) is 5.69 Å². The van der Waals surface area contributed by atoms with Gasteiger partial charge in [0, 0.05) is 13.1 Å². The summed E-state index contributed by atoms with van der Waals surface area (Å²) in [5.74, 6) is 0.690. The van der Waals surface area contributed by atoms with Crippen molar-refractivity contribution in [1.82, 2.24) is 15.0 Å². The Labute approximate surface area is 131 Å². The second-order valence-electron chi connectivity index (χ2n) is 6.01. The number of nitriles is 1. The Kier molecular flexibility index (Phi) is 4.10. The lowest BCUT2D eigenvalue weighted by Crippen LogP contribution is -2.34. The molecule has 0 atom stereocenters. The normalized spacial score (nSPS) is 15.5. The minimum atomic E-state index is 0.397. The predicted octanol–water partition coefficient (Wildman–Crippen LogP) is 3.22. The molecule has 0 saturated heterocycles. The van der Waals surface area contributed by atoms with Gasteiger partial charge in [0.25, 0.3) is 0 Å². The molecule has 0 amide bonds. The highest BCUT2D eigenvalue weighted by molar-refractivity contribution is 5.50. The van der Waals surface area contributed by atoms with Gasteiger partial charge < -0.3 is 4.90 Å². The van der Waals surface area contributed by atoms with Gasteiger partial charge in [0.1, 0.15) is 6.07 Å². The van der Waals surface area contributed by atoms with Gasteiger partial charge in [-0.05, 0) is 31.9 Å². The van der Waals surface area contributed by atoms with Gasteiger partial charge in [-0.3, -0.25) is 0 Å². The van der Waals surface area contributed by atoms with Crippen LogP contribution in [0.15, 0.2) is 24.3 Å². The third-order valence-electron chi connectivity index (χ3n) is 4.42. The Bertz CT molecular complexity index is 674. The molecule has 0 spiro atoms. The molecular formula is C17H21N5. The molecule has 1 fully saturated rings. The van der Waals surface area contributed by atoms with Gasteiger partial charge >= 0.3 is 0 Å². The first-order valence-electron chi connectivity index (χ1n) is 7.86. The number of hydrogen-bond donors (Lipinski definition) is 0. The van der Waals surface area contributed by atoms with Gasteiger partial charge in [-0.25, -0.2) is 0 Å². The first-order chi connectivity index (χ1) is 10.7. The summed E-state index contributed by atoms with van der Waals surface area (Å²) in [5.41, 5.74) is 2.47. The van der Waals surface area contributed by atoms with E-state index in [1.165, 1.54) is 37.7 Å². The number of aryl methyl sites for hydroxylation is 1. The van der Waals surface area contributed by atoms with E-state index < -0.39 is 0 Å². The van der Waals surface area contributed by atoms with E-state index in [1.54, 1.807) is 4.80 Å². The van der Waals surface area contributed by atoms with E-state index >= 15 is 0 Å². The monoisotopic (exact) mass is 295 g/mol. The van der Waals surface area contributed by atoms with Crippen LogP contribution in [0, 0.1) is 18.3 Å². The largest absolute Gasteiger partial charge is 0.353 e. The summed E-state index contributed by atoms with van der Waals surface area (Å²) in [4.78, 5) is 3.70. The molecule has 2 aromatic rings. The number of hydrogen-bond acceptors (Lipinski definition) is 4. The summed E-state index contributed by atoms with van der Waals surface area (Å²) in [7, 11) is 2.03. The molecule has 1 aliphatic rings. The van der Waals surface area contributed by atoms with E-state index in [2.05, 4.69) is 21.2 Å². The van der Waals surface area contributed by atoms with Crippen molar-refractivity contribution in [3.05, 3.63) is 35.5 Å². The molecule has 114 valence electrons. The Hall–Kier alpha value is -2.35. The fraction of sp³-hybridized carbons (Fsp3) is 0.471. The van der Waals surface area contributed by atoms with E-state index in [0.29, 0.717) is 17.6 Å². The van der Waals surface area contributed by atoms with Crippen LogP contribution in [-0.2, 0) is 0 Å². The van der Waals surface area contributed by atoms with Crippen LogP contribution >= 0.6 is 0 Å². The molecule has 0 aliphatic heterocycles. The average molecular weight is 295 g/mol. The van der Waals surface area contributed by atoms with Crippen LogP contribution in [0.2, 0.25) is 0 Å². The van der Waals surface area contributed by atoms with Gasteiger partial charge in [0.05, 0.1) is 5.69 Å². The third kappa shape index (κ3) is 2.82. The minimum Gasteiger partial charge on any atom is -0.353 e. The van der Waals surface area contributed by atoms with Crippen molar-refractivity contribution in [2.75, 3.05) is 11.9 Å². The van der Waals surface area contributed by atoms with Gasteiger partial charge in [-0.1, -0.05) is 37.0 Å². The van der Waals surface area contributed by atoms with E-state index in [9.17, 15) is 5.26 Å². The summed E-state index contributed by atoms with van der Waals surface area (Å²) in [6.45, 7) is 2.04. The highest BCUT2D eigenvalue weighted by atomic mass is 15.5. The zero-order valence-corrected chi connectivity index (χ0v) is 13.2. The molecule has 0 radical (unpaired) electrons. The summed E-state index contributed by atoms with van der Waals surface area (Å²) in [6, 6.07) is 10.6. The van der Waals surface area contributed by atoms with Crippen molar-refractivity contribution in [2.24, 2.45) is 0 Å². The number of nitrogens with zero attached hydrogens (tertiary/aromatic N) is 5. The Morgan fingerprint density at radius 1 is 1.14 bits per heavy atom. The van der Waals surface area contributed by atoms with Crippen LogP contribution < -0.4 is 4.90 Å². The van der Waals surface area contributed by atoms with E-state index in [-0.39, 0.29) is 0 Å². The molecule has 0 unspecified atom stereocenters. The standard InChI is InChI=1S/C17H21N5/c1-13-8-10-15(11-9-13)22-19-16(12-18)17(20-22)21(2)14-6-4-3-5-7-14/h8-11,14H,3-7H2,1-2H3. The van der Waals surface area contributed by atoms with Crippen LogP contribution in [0.4, 0.5) is 5.82 Å². The van der Waals surface area contributed by atoms with E-state index in [1.807, 2.05) is 38.2 Å². The van der Waals surface area contributed by atoms with Gasteiger partial charge in [-0.15, -0.1) is 15.0 Å². The lowest BCUT2D eigenvalue weighted by molar-refractivity contribution is 0.425. The summed E-state index contributed by atoms with van der Waals surface area (Å²) >= 11 is 0. The minimum absolute atomic E-state index is 0.397. The van der Waals surface area contributed by atoms with E-state index in [0.717, 1.165) is 5.69 Å². The van der Waals surface area contributed by atoms with Crippen molar-refractivity contribution in [3.63, 3.8) is 0 Å². The maximum atomic E-state index is 9.38. The van der Waals surface area contributed by atoms with Crippen molar-refractivity contribution >= 4 is 5.82 Å². The highest BCUT2D eigenvalue weighted by Gasteiger charge is 2.24. The van der Waals surface area contributed by atoms with Gasteiger partial charge in [0.2, 0.25) is 5.69 Å². The van der Waals surface area contributed by atoms with Crippen LogP contribution in [0.1, 0.15) is 43.4 Å². The Morgan fingerprint density at radius 3 is 2.45 bits per heavy atom. The summed E-state index contributed by atoms with van der Waals surface area (Å²) in [6.07, 6.45) is 6.15. The fourth-order valence-corrected chi connectivity index (χ4v) is 3.04. The quantitative estimate of drug-likeness (QED) is 0.872. The first-order valence-corrected chi connectivity index (χ1v) is 7.86. The van der Waals surface area contributed by atoms with Crippen molar-refractivity contribution < 1.29 is 0 Å². The van der Waals surface area contributed by atoms with Crippen molar-refractivity contribution in [3.8, 4) is 11.8 Å². The number of rotatable bonds is 3. The molecule has 1 aromatic heterocycles. The van der Waals surface area contributed by atoms with Crippen LogP contribution in [0.3, 0.4) is 0 Å². The molecule has 5 nitrogen and oxygen atoms in total. The fourth-order valence-electron chi connectivity index (χ4n) is 3.04. The second kappa shape index (κ2) is 6.18. The molecule has 0 bridgehead atoms. The van der Waals surface area contributed by atoms with Crippen molar-refractivity contribution in [1.29, 1.82) is 5.26 Å². The molecule has 1 aromatic carbocycles. The first kappa shape index (κ1) is 14.6. The Morgan fingerprint density at radius 2 is 1.82 bits per heavy atom. The van der Waals surface area contributed by atoms with Gasteiger partial charge in [-0.2, -0.15) is 5.26 Å². The summed E-state index contributed by atoms with van der Waals surface area (Å²) in [5, 5.41) is 18.3. The lowest BCUT2D eigenvalue weighted by Gasteiger charge is -2.31. The predicted molar refractivity (Wildman–Crippen MR) is 86.1 cm³/mol. The molecule has 22 heavy (non-hydrogen) atoms. The zero-order valence-electron chi connectivity index (χ0n) is 13.2. The van der Waals surface area contributed by atoms with Crippen molar-refractivity contribution in [2.45, 2.75) is 45.1 Å². The topological polar surface area (TPSA) is 57.7 Å². The van der Waals surface area contributed by atoms with Crippen LogP contribution in [0.5, 0.6) is 0 Å². The number of benzene rings is 1. The van der Waals surface area contributed by atoms with Gasteiger partial charge in [0.15, 0.2) is 5.82 Å². The second-order valence-corrected chi connectivity index (χ2v) is 6.01. The maximum absolute atomic E-state index is 9.38. The number of aromatic nitrogens is 3. The zero-order chi connectivity index (χ0) is 15.5. The highest BCUT2D eigenvalue weighted by Crippen LogP contribution is 2.26. The molecular weight excluding hydrogens is 274 g/mol. The lowest BCUT2D eigenvalue weighted by atomic mass is 9.94. The molecule has 0 N–H and O–H groups in total. The van der Waals surface area contributed by atoms with Crippen LogP contribution in [-0.4, -0.2) is 28.1 Å². The molecule has 3 rings (SSSR count). The number of anilines is 1. The maximum Gasteiger partial charge on any atom is 0.207 e. The SMILES string of the molecule is Cc1ccc(-n2nc(C#N)c(N(C)C3CCCCC3)n2)cc1. The smallest absolute Gasteiger partial charge is 0.207 e. The van der Waals surface area contributed by atoms with E-state index in [4.69, 9.17) is 0 Å².